The van der Waals surface area contributed by atoms with Crippen LogP contribution in [0.1, 0.15) is 16.4 Å². The normalized spacial score (nSPS) is 15.0. The van der Waals surface area contributed by atoms with Gasteiger partial charge in [0, 0.05) is 48.3 Å². The average Bonchev–Trinajstić information content (AvgIpc) is 3.87. The standard InChI is InChI=1S/C44H27N5S/c1-5-22-37-31(15-1)32-16-2-6-23-38(32)49(37)39-24-7-3-18-35(39)43-46-42(47-44(48-43)36-21-9-10-26-45-36)29-14-11-13-28(27-29)30-19-12-20-34-33-17-4-8-25-40(33)50-41(30)34/h1-27H/i1D,2D,4D,5D,12D,15D,16D,17D,20D,22D,23D,25D. The number of aromatic nitrogens is 5. The summed E-state index contributed by atoms with van der Waals surface area (Å²) in [5.74, 6) is 0.583. The molecular weight excluding hydrogens is 631 g/mol. The van der Waals surface area contributed by atoms with Crippen LogP contribution in [0, 0.1) is 0 Å². The second-order valence-corrected chi connectivity index (χ2v) is 12.4. The number of rotatable bonds is 5. The highest BCUT2D eigenvalue weighted by Gasteiger charge is 2.19. The van der Waals surface area contributed by atoms with Crippen molar-refractivity contribution in [2.24, 2.45) is 0 Å². The van der Waals surface area contributed by atoms with Crippen molar-refractivity contribution >= 4 is 53.3 Å². The van der Waals surface area contributed by atoms with E-state index in [-0.39, 0.29) is 93.7 Å². The molecule has 0 amide bonds. The van der Waals surface area contributed by atoms with Crippen LogP contribution >= 0.6 is 11.3 Å². The third-order valence-corrected chi connectivity index (χ3v) is 9.62. The number of thiophene rings is 1. The first-order valence-electron chi connectivity index (χ1n) is 21.6. The predicted octanol–water partition coefficient (Wildman–Crippen LogP) is 11.4. The number of hydrogen-bond acceptors (Lipinski definition) is 5. The predicted molar refractivity (Wildman–Crippen MR) is 207 cm³/mol. The SMILES string of the molecule is [2H]c1cc([2H])c2sc3c(-c4cccc(-c5nc(-c6ccccn6)nc(-c6ccccc6-n6c7c([2H])cc([2H])c([2H])c7c7c([2H])c([2H])c([2H])c([2H])c76)n5)c4)cc([2H])c([2H])c3c2c1[2H]. The van der Waals surface area contributed by atoms with Crippen molar-refractivity contribution in [2.45, 2.75) is 0 Å². The van der Waals surface area contributed by atoms with Crippen molar-refractivity contribution in [1.29, 1.82) is 0 Å². The molecule has 10 rings (SSSR count). The zero-order valence-electron chi connectivity index (χ0n) is 37.8. The number of hydrogen-bond donors (Lipinski definition) is 0. The van der Waals surface area contributed by atoms with Crippen molar-refractivity contribution in [3.05, 3.63) is 164 Å². The zero-order valence-corrected chi connectivity index (χ0v) is 26.6. The minimum atomic E-state index is -0.507. The van der Waals surface area contributed by atoms with Gasteiger partial charge in [0.15, 0.2) is 17.5 Å². The first-order valence-corrected chi connectivity index (χ1v) is 16.4. The van der Waals surface area contributed by atoms with Gasteiger partial charge in [-0.3, -0.25) is 4.98 Å². The van der Waals surface area contributed by atoms with Crippen LogP contribution in [0.3, 0.4) is 0 Å². The van der Waals surface area contributed by atoms with Crippen molar-refractivity contribution in [1.82, 2.24) is 24.5 Å². The number of benzene rings is 6. The maximum absolute atomic E-state index is 9.06. The zero-order chi connectivity index (χ0) is 43.5. The van der Waals surface area contributed by atoms with Crippen molar-refractivity contribution in [2.75, 3.05) is 0 Å². The number of para-hydroxylation sites is 3. The van der Waals surface area contributed by atoms with Gasteiger partial charge in [-0.25, -0.2) is 15.0 Å². The molecule has 0 N–H and O–H groups in total. The Morgan fingerprint density at radius 2 is 1.26 bits per heavy atom. The molecule has 0 radical (unpaired) electrons. The molecule has 0 fully saturated rings. The van der Waals surface area contributed by atoms with E-state index in [1.807, 2.05) is 12.1 Å². The van der Waals surface area contributed by atoms with Crippen molar-refractivity contribution in [3.8, 4) is 51.1 Å². The Kier molecular flexibility index (Phi) is 4.37. The van der Waals surface area contributed by atoms with E-state index in [0.29, 0.717) is 53.8 Å². The summed E-state index contributed by atoms with van der Waals surface area (Å²) in [5.41, 5.74) is 3.05. The van der Waals surface area contributed by atoms with Gasteiger partial charge in [-0.05, 0) is 59.6 Å². The van der Waals surface area contributed by atoms with Crippen LogP contribution in [-0.2, 0) is 0 Å². The third-order valence-electron chi connectivity index (χ3n) is 8.47. The highest BCUT2D eigenvalue weighted by molar-refractivity contribution is 7.26. The summed E-state index contributed by atoms with van der Waals surface area (Å²) in [6.45, 7) is 0. The van der Waals surface area contributed by atoms with Gasteiger partial charge >= 0.3 is 0 Å². The molecule has 4 heterocycles. The molecule has 0 saturated carbocycles. The fourth-order valence-corrected chi connectivity index (χ4v) is 7.38. The highest BCUT2D eigenvalue weighted by atomic mass is 32.1. The van der Waals surface area contributed by atoms with Crippen LogP contribution in [-0.4, -0.2) is 24.5 Å². The molecular formula is C44H27N5S. The fourth-order valence-electron chi connectivity index (χ4n) is 6.26. The number of pyridine rings is 1. The van der Waals surface area contributed by atoms with E-state index >= 15 is 0 Å². The van der Waals surface area contributed by atoms with E-state index in [0.717, 1.165) is 0 Å². The molecule has 4 aromatic heterocycles. The first kappa shape index (κ1) is 18.9. The second-order valence-electron chi connectivity index (χ2n) is 11.4. The van der Waals surface area contributed by atoms with E-state index < -0.39 is 18.1 Å². The summed E-state index contributed by atoms with van der Waals surface area (Å²) in [4.78, 5) is 19.3. The maximum atomic E-state index is 9.06. The molecule has 6 aromatic carbocycles. The topological polar surface area (TPSA) is 56.5 Å². The van der Waals surface area contributed by atoms with Gasteiger partial charge in [-0.15, -0.1) is 11.3 Å². The third kappa shape index (κ3) is 4.61. The Balaban J connectivity index is 1.23. The molecule has 0 bridgehead atoms. The smallest absolute Gasteiger partial charge is 0.182 e. The van der Waals surface area contributed by atoms with E-state index in [9.17, 15) is 0 Å². The van der Waals surface area contributed by atoms with Crippen LogP contribution in [0.2, 0.25) is 0 Å². The van der Waals surface area contributed by atoms with E-state index in [2.05, 4.69) is 4.98 Å². The molecule has 0 saturated heterocycles. The van der Waals surface area contributed by atoms with Gasteiger partial charge in [-0.1, -0.05) is 109 Å². The summed E-state index contributed by atoms with van der Waals surface area (Å²) in [6.07, 6.45) is 1.60. The molecule has 5 nitrogen and oxygen atoms in total. The molecule has 0 aliphatic rings. The molecule has 234 valence electrons. The average molecular weight is 670 g/mol. The summed E-state index contributed by atoms with van der Waals surface area (Å²) >= 11 is 1.24. The van der Waals surface area contributed by atoms with Crippen LogP contribution < -0.4 is 0 Å². The molecule has 10 aromatic rings. The van der Waals surface area contributed by atoms with E-state index in [1.54, 1.807) is 66.9 Å². The van der Waals surface area contributed by atoms with Gasteiger partial charge < -0.3 is 4.57 Å². The number of fused-ring (bicyclic) bond motifs is 6. The van der Waals surface area contributed by atoms with Crippen molar-refractivity contribution in [3.63, 3.8) is 0 Å². The summed E-state index contributed by atoms with van der Waals surface area (Å²) in [6, 6.07) is 20.7. The largest absolute Gasteiger partial charge is 0.309 e. The first-order chi connectivity index (χ1) is 29.7. The lowest BCUT2D eigenvalue weighted by atomic mass is 10.0. The Labute approximate surface area is 308 Å². The number of nitrogens with zero attached hydrogens (tertiary/aromatic N) is 5. The van der Waals surface area contributed by atoms with Crippen LogP contribution in [0.4, 0.5) is 0 Å². The Morgan fingerprint density at radius 1 is 0.520 bits per heavy atom. The molecule has 50 heavy (non-hydrogen) atoms. The van der Waals surface area contributed by atoms with Gasteiger partial charge in [0.2, 0.25) is 0 Å². The monoisotopic (exact) mass is 669 g/mol. The highest BCUT2D eigenvalue weighted by Crippen LogP contribution is 2.41. The summed E-state index contributed by atoms with van der Waals surface area (Å²) in [5, 5.41) is 0.692. The van der Waals surface area contributed by atoms with Crippen LogP contribution in [0.5, 0.6) is 0 Å². The van der Waals surface area contributed by atoms with Gasteiger partial charge in [0.05, 0.1) is 33.2 Å². The summed E-state index contributed by atoms with van der Waals surface area (Å²) in [7, 11) is 0. The molecule has 0 aliphatic carbocycles. The van der Waals surface area contributed by atoms with Gasteiger partial charge in [0.1, 0.15) is 5.69 Å². The van der Waals surface area contributed by atoms with Crippen LogP contribution in [0.25, 0.3) is 93.1 Å². The van der Waals surface area contributed by atoms with Crippen molar-refractivity contribution < 1.29 is 16.4 Å². The lowest BCUT2D eigenvalue weighted by molar-refractivity contribution is 1.05. The molecule has 0 unspecified atom stereocenters. The summed E-state index contributed by atoms with van der Waals surface area (Å²) < 4.78 is 107. The second kappa shape index (κ2) is 11.6. The quantitative estimate of drug-likeness (QED) is 0.183. The Morgan fingerprint density at radius 3 is 2.18 bits per heavy atom. The Bertz CT molecular complexity index is 3570. The van der Waals surface area contributed by atoms with E-state index in [1.165, 1.54) is 28.0 Å². The molecule has 0 aliphatic heterocycles. The van der Waals surface area contributed by atoms with Gasteiger partial charge in [-0.2, -0.15) is 0 Å². The minimum Gasteiger partial charge on any atom is -0.309 e. The Hall–Kier alpha value is -6.50. The lowest BCUT2D eigenvalue weighted by Gasteiger charge is -2.14. The fraction of sp³-hybridized carbons (Fsp3) is 0. The molecule has 6 heteroatoms. The lowest BCUT2D eigenvalue weighted by Crippen LogP contribution is -2.04. The minimum absolute atomic E-state index is 0.00999. The van der Waals surface area contributed by atoms with Crippen LogP contribution in [0.15, 0.2) is 164 Å². The van der Waals surface area contributed by atoms with E-state index in [4.69, 9.17) is 31.4 Å². The molecule has 0 atom stereocenters. The van der Waals surface area contributed by atoms with Gasteiger partial charge in [0.25, 0.3) is 0 Å². The molecule has 0 spiro atoms. The maximum Gasteiger partial charge on any atom is 0.182 e.